The summed E-state index contributed by atoms with van der Waals surface area (Å²) in [7, 11) is 0. The Morgan fingerprint density at radius 2 is 2.26 bits per heavy atom. The Labute approximate surface area is 113 Å². The highest BCUT2D eigenvalue weighted by atomic mass is 19.1. The number of halogens is 1. The Hall–Kier alpha value is -1.62. The van der Waals surface area contributed by atoms with Crippen LogP contribution >= 0.6 is 0 Å². The van der Waals surface area contributed by atoms with Crippen molar-refractivity contribution < 1.29 is 13.9 Å². The molecule has 3 N–H and O–H groups in total. The van der Waals surface area contributed by atoms with E-state index in [9.17, 15) is 9.18 Å². The molecule has 0 saturated heterocycles. The number of benzene rings is 1. The van der Waals surface area contributed by atoms with Crippen LogP contribution in [0.15, 0.2) is 18.2 Å². The fourth-order valence-electron chi connectivity index (χ4n) is 1.58. The first-order chi connectivity index (χ1) is 9.08. The average Bonchev–Trinajstić information content (AvgIpc) is 2.40. The maximum absolute atomic E-state index is 13.6. The van der Waals surface area contributed by atoms with Gasteiger partial charge in [-0.25, -0.2) is 4.39 Å². The highest BCUT2D eigenvalue weighted by Gasteiger charge is 2.10. The van der Waals surface area contributed by atoms with E-state index in [1.165, 1.54) is 6.07 Å². The predicted octanol–water partition coefficient (Wildman–Crippen LogP) is 1.48. The van der Waals surface area contributed by atoms with Gasteiger partial charge in [0.05, 0.1) is 6.61 Å². The van der Waals surface area contributed by atoms with E-state index < -0.39 is 0 Å². The Bertz CT molecular complexity index is 424. The van der Waals surface area contributed by atoms with Crippen molar-refractivity contribution in [3.63, 3.8) is 0 Å². The molecule has 19 heavy (non-hydrogen) atoms. The van der Waals surface area contributed by atoms with Crippen LogP contribution in [0.4, 0.5) is 4.39 Å². The van der Waals surface area contributed by atoms with Gasteiger partial charge in [0, 0.05) is 19.0 Å². The number of nitrogens with two attached hydrogens (primary N) is 1. The van der Waals surface area contributed by atoms with Gasteiger partial charge < -0.3 is 15.8 Å². The summed E-state index contributed by atoms with van der Waals surface area (Å²) in [6.07, 6.45) is 0.576. The van der Waals surface area contributed by atoms with E-state index in [4.69, 9.17) is 10.5 Å². The summed E-state index contributed by atoms with van der Waals surface area (Å²) in [5.41, 5.74) is 6.22. The summed E-state index contributed by atoms with van der Waals surface area (Å²) in [5.74, 6) is -0.390. The van der Waals surface area contributed by atoms with Crippen molar-refractivity contribution in [2.75, 3.05) is 19.7 Å². The second-order valence-corrected chi connectivity index (χ2v) is 4.38. The molecule has 0 aliphatic heterocycles. The SMILES string of the molecule is CCOc1ccc(CCNC(=O)C(C)CN)cc1F. The van der Waals surface area contributed by atoms with Crippen molar-refractivity contribution in [2.45, 2.75) is 20.3 Å². The summed E-state index contributed by atoms with van der Waals surface area (Å²) in [4.78, 5) is 11.5. The number of ether oxygens (including phenoxy) is 1. The van der Waals surface area contributed by atoms with Gasteiger partial charge in [0.25, 0.3) is 0 Å². The van der Waals surface area contributed by atoms with E-state index >= 15 is 0 Å². The zero-order chi connectivity index (χ0) is 14.3. The van der Waals surface area contributed by atoms with E-state index in [1.54, 1.807) is 19.1 Å². The summed E-state index contributed by atoms with van der Waals surface area (Å²) >= 11 is 0. The van der Waals surface area contributed by atoms with E-state index in [0.29, 0.717) is 26.1 Å². The van der Waals surface area contributed by atoms with Gasteiger partial charge in [-0.3, -0.25) is 4.79 Å². The molecular formula is C14H21FN2O2. The molecular weight excluding hydrogens is 247 g/mol. The first-order valence-corrected chi connectivity index (χ1v) is 6.47. The van der Waals surface area contributed by atoms with E-state index in [1.807, 2.05) is 6.92 Å². The smallest absolute Gasteiger partial charge is 0.224 e. The molecule has 0 spiro atoms. The Balaban J connectivity index is 2.46. The third-order valence-corrected chi connectivity index (χ3v) is 2.81. The quantitative estimate of drug-likeness (QED) is 0.787. The number of carbonyl (C=O) groups is 1. The lowest BCUT2D eigenvalue weighted by atomic mass is 10.1. The fourth-order valence-corrected chi connectivity index (χ4v) is 1.58. The molecule has 1 unspecified atom stereocenters. The summed E-state index contributed by atoms with van der Waals surface area (Å²) in [6, 6.07) is 4.84. The third kappa shape index (κ3) is 4.87. The molecule has 0 saturated carbocycles. The van der Waals surface area contributed by atoms with Gasteiger partial charge in [-0.15, -0.1) is 0 Å². The molecule has 0 aliphatic carbocycles. The van der Waals surface area contributed by atoms with E-state index in [2.05, 4.69) is 5.32 Å². The van der Waals surface area contributed by atoms with Crippen LogP contribution < -0.4 is 15.8 Å². The second kappa shape index (κ2) is 7.74. The average molecular weight is 268 g/mol. The highest BCUT2D eigenvalue weighted by molar-refractivity contribution is 5.78. The molecule has 0 bridgehead atoms. The molecule has 1 aromatic rings. The summed E-state index contributed by atoms with van der Waals surface area (Å²) in [6.45, 7) is 4.80. The molecule has 0 fully saturated rings. The van der Waals surface area contributed by atoms with Crippen molar-refractivity contribution in [1.29, 1.82) is 0 Å². The van der Waals surface area contributed by atoms with Crippen LogP contribution in [0, 0.1) is 11.7 Å². The van der Waals surface area contributed by atoms with Crippen molar-refractivity contribution in [1.82, 2.24) is 5.32 Å². The van der Waals surface area contributed by atoms with Crippen LogP contribution in [0.2, 0.25) is 0 Å². The lowest BCUT2D eigenvalue weighted by Gasteiger charge is -2.10. The second-order valence-electron chi connectivity index (χ2n) is 4.38. The molecule has 1 rings (SSSR count). The van der Waals surface area contributed by atoms with Crippen LogP contribution in [-0.4, -0.2) is 25.6 Å². The monoisotopic (exact) mass is 268 g/mol. The highest BCUT2D eigenvalue weighted by Crippen LogP contribution is 2.18. The summed E-state index contributed by atoms with van der Waals surface area (Å²) in [5, 5.41) is 2.77. The minimum Gasteiger partial charge on any atom is -0.491 e. The van der Waals surface area contributed by atoms with Crippen LogP contribution in [0.1, 0.15) is 19.4 Å². The molecule has 106 valence electrons. The van der Waals surface area contributed by atoms with E-state index in [0.717, 1.165) is 5.56 Å². The molecule has 0 aliphatic rings. The van der Waals surface area contributed by atoms with Crippen molar-refractivity contribution >= 4 is 5.91 Å². The maximum atomic E-state index is 13.6. The number of amides is 1. The van der Waals surface area contributed by atoms with Crippen molar-refractivity contribution in [3.8, 4) is 5.75 Å². The number of hydrogen-bond acceptors (Lipinski definition) is 3. The van der Waals surface area contributed by atoms with Crippen LogP contribution in [0.3, 0.4) is 0 Å². The molecule has 0 aromatic heterocycles. The number of hydrogen-bond donors (Lipinski definition) is 2. The van der Waals surface area contributed by atoms with Crippen LogP contribution in [0.25, 0.3) is 0 Å². The zero-order valence-corrected chi connectivity index (χ0v) is 11.4. The van der Waals surface area contributed by atoms with Gasteiger partial charge in [-0.2, -0.15) is 0 Å². The lowest BCUT2D eigenvalue weighted by molar-refractivity contribution is -0.124. The fraction of sp³-hybridized carbons (Fsp3) is 0.500. The molecule has 0 radical (unpaired) electrons. The minimum atomic E-state index is -0.374. The third-order valence-electron chi connectivity index (χ3n) is 2.81. The molecule has 4 nitrogen and oxygen atoms in total. The first-order valence-electron chi connectivity index (χ1n) is 6.47. The number of rotatable bonds is 7. The van der Waals surface area contributed by atoms with Crippen molar-refractivity contribution in [3.05, 3.63) is 29.6 Å². The molecule has 0 heterocycles. The topological polar surface area (TPSA) is 64.3 Å². The molecule has 5 heteroatoms. The van der Waals surface area contributed by atoms with Gasteiger partial charge in [-0.05, 0) is 31.0 Å². The normalized spacial score (nSPS) is 12.0. The Morgan fingerprint density at radius 1 is 1.53 bits per heavy atom. The Kier molecular flexibility index (Phi) is 6.29. The summed E-state index contributed by atoms with van der Waals surface area (Å²) < 4.78 is 18.7. The van der Waals surface area contributed by atoms with Gasteiger partial charge in [0.1, 0.15) is 0 Å². The zero-order valence-electron chi connectivity index (χ0n) is 11.4. The number of carbonyl (C=O) groups excluding carboxylic acids is 1. The molecule has 1 atom stereocenters. The standard InChI is InChI=1S/C14H21FN2O2/c1-3-19-13-5-4-11(8-12(13)15)6-7-17-14(18)10(2)9-16/h4-5,8,10H,3,6-7,9,16H2,1-2H3,(H,17,18). The van der Waals surface area contributed by atoms with Crippen LogP contribution in [0.5, 0.6) is 5.75 Å². The van der Waals surface area contributed by atoms with Gasteiger partial charge in [0.15, 0.2) is 11.6 Å². The van der Waals surface area contributed by atoms with Gasteiger partial charge in [0.2, 0.25) is 5.91 Å². The van der Waals surface area contributed by atoms with Gasteiger partial charge in [-0.1, -0.05) is 13.0 Å². The minimum absolute atomic E-state index is 0.0751. The predicted molar refractivity (Wildman–Crippen MR) is 72.5 cm³/mol. The Morgan fingerprint density at radius 3 is 2.84 bits per heavy atom. The lowest BCUT2D eigenvalue weighted by Crippen LogP contribution is -2.34. The van der Waals surface area contributed by atoms with Crippen molar-refractivity contribution in [2.24, 2.45) is 11.7 Å². The number of nitrogens with one attached hydrogen (secondary N) is 1. The van der Waals surface area contributed by atoms with E-state index in [-0.39, 0.29) is 23.4 Å². The first kappa shape index (κ1) is 15.4. The molecule has 1 aromatic carbocycles. The van der Waals surface area contributed by atoms with Gasteiger partial charge >= 0.3 is 0 Å². The maximum Gasteiger partial charge on any atom is 0.224 e. The van der Waals surface area contributed by atoms with Crippen LogP contribution in [-0.2, 0) is 11.2 Å². The molecule has 1 amide bonds. The largest absolute Gasteiger partial charge is 0.491 e.